The molecule has 2 aromatic rings. The third kappa shape index (κ3) is 3.49. The Labute approximate surface area is 149 Å². The Hall–Kier alpha value is -1.79. The quantitative estimate of drug-likeness (QED) is 0.594. The van der Waals surface area contributed by atoms with Crippen molar-refractivity contribution in [1.29, 1.82) is 0 Å². The molecule has 1 N–H and O–H groups in total. The summed E-state index contributed by atoms with van der Waals surface area (Å²) in [5.41, 5.74) is 2.15. The van der Waals surface area contributed by atoms with Crippen molar-refractivity contribution in [1.82, 2.24) is 0 Å². The highest BCUT2D eigenvalue weighted by Gasteiger charge is 2.32. The second-order valence-corrected chi connectivity index (χ2v) is 7.27. The Morgan fingerprint density at radius 3 is 2.75 bits per heavy atom. The predicted molar refractivity (Wildman–Crippen MR) is 98.4 cm³/mol. The molecule has 1 amide bonds. The van der Waals surface area contributed by atoms with E-state index in [0.717, 1.165) is 23.3 Å². The van der Waals surface area contributed by atoms with E-state index in [0.29, 0.717) is 28.7 Å². The van der Waals surface area contributed by atoms with Gasteiger partial charge in [0.1, 0.15) is 5.00 Å². The molecule has 1 saturated carbocycles. The van der Waals surface area contributed by atoms with Gasteiger partial charge in [-0.1, -0.05) is 12.1 Å². The number of hydrogen-bond acceptors (Lipinski definition) is 5. The van der Waals surface area contributed by atoms with E-state index >= 15 is 0 Å². The van der Waals surface area contributed by atoms with Crippen molar-refractivity contribution in [2.75, 3.05) is 18.2 Å². The lowest BCUT2D eigenvalue weighted by molar-refractivity contribution is 0.0527. The summed E-state index contributed by atoms with van der Waals surface area (Å²) >= 11 is 2.92. The number of anilines is 1. The summed E-state index contributed by atoms with van der Waals surface area (Å²) in [6, 6.07) is 7.45. The lowest BCUT2D eigenvalue weighted by Gasteiger charge is -2.10. The molecule has 3 rings (SSSR count). The van der Waals surface area contributed by atoms with Crippen LogP contribution < -0.4 is 5.32 Å². The number of carbonyl (C=O) groups excluding carboxylic acids is 2. The summed E-state index contributed by atoms with van der Waals surface area (Å²) in [6.45, 7) is 2.11. The molecule has 0 radical (unpaired) electrons. The molecular formula is C18H19NO3S2. The highest BCUT2D eigenvalue weighted by Crippen LogP contribution is 2.46. The van der Waals surface area contributed by atoms with Gasteiger partial charge in [-0.15, -0.1) is 23.1 Å². The Bertz CT molecular complexity index is 765. The van der Waals surface area contributed by atoms with Crippen molar-refractivity contribution < 1.29 is 14.3 Å². The number of ether oxygens (including phenoxy) is 1. The van der Waals surface area contributed by atoms with Crippen molar-refractivity contribution in [2.24, 2.45) is 0 Å². The first-order valence-electron chi connectivity index (χ1n) is 7.88. The van der Waals surface area contributed by atoms with E-state index in [-0.39, 0.29) is 11.9 Å². The van der Waals surface area contributed by atoms with Gasteiger partial charge in [-0.3, -0.25) is 4.79 Å². The second kappa shape index (κ2) is 7.40. The summed E-state index contributed by atoms with van der Waals surface area (Å²) in [4.78, 5) is 25.9. The highest BCUT2D eigenvalue weighted by atomic mass is 32.2. The Morgan fingerprint density at radius 2 is 2.08 bits per heavy atom. The van der Waals surface area contributed by atoms with Gasteiger partial charge in [0.15, 0.2) is 0 Å². The molecule has 4 nitrogen and oxygen atoms in total. The molecule has 24 heavy (non-hydrogen) atoms. The smallest absolute Gasteiger partial charge is 0.341 e. The van der Waals surface area contributed by atoms with Gasteiger partial charge < -0.3 is 10.1 Å². The lowest BCUT2D eigenvalue weighted by atomic mass is 10.1. The molecule has 126 valence electrons. The van der Waals surface area contributed by atoms with E-state index < -0.39 is 0 Å². The number of benzene rings is 1. The van der Waals surface area contributed by atoms with Crippen LogP contribution >= 0.6 is 23.1 Å². The molecule has 1 aliphatic rings. The summed E-state index contributed by atoms with van der Waals surface area (Å²) in [5.74, 6) is -0.131. The van der Waals surface area contributed by atoms with Crippen LogP contribution in [0.5, 0.6) is 0 Å². The number of esters is 1. The monoisotopic (exact) mass is 361 g/mol. The van der Waals surface area contributed by atoms with Gasteiger partial charge in [-0.05, 0) is 55.0 Å². The van der Waals surface area contributed by atoms with E-state index in [1.807, 2.05) is 29.8 Å². The Kier molecular flexibility index (Phi) is 5.26. The number of thioether (sulfide) groups is 1. The lowest BCUT2D eigenvalue weighted by Crippen LogP contribution is -2.15. The number of nitrogens with one attached hydrogen (secondary N) is 1. The molecule has 1 aliphatic carbocycles. The molecule has 0 atom stereocenters. The van der Waals surface area contributed by atoms with Crippen molar-refractivity contribution in [3.8, 4) is 0 Å². The van der Waals surface area contributed by atoms with Crippen LogP contribution in [0.15, 0.2) is 34.5 Å². The van der Waals surface area contributed by atoms with Crippen LogP contribution in [0.3, 0.4) is 0 Å². The minimum atomic E-state index is -0.353. The van der Waals surface area contributed by atoms with Crippen molar-refractivity contribution >= 4 is 40.0 Å². The van der Waals surface area contributed by atoms with Crippen LogP contribution in [0.1, 0.15) is 52.0 Å². The van der Waals surface area contributed by atoms with Crippen LogP contribution in [0, 0.1) is 0 Å². The molecule has 0 bridgehead atoms. The maximum absolute atomic E-state index is 12.7. The summed E-state index contributed by atoms with van der Waals surface area (Å²) in [7, 11) is 0. The first kappa shape index (κ1) is 17.0. The molecule has 1 aromatic heterocycles. The number of amides is 1. The molecule has 0 aliphatic heterocycles. The van der Waals surface area contributed by atoms with Gasteiger partial charge in [-0.25, -0.2) is 4.79 Å². The highest BCUT2D eigenvalue weighted by molar-refractivity contribution is 7.98. The Morgan fingerprint density at radius 1 is 1.33 bits per heavy atom. The van der Waals surface area contributed by atoms with Gasteiger partial charge in [0.2, 0.25) is 0 Å². The van der Waals surface area contributed by atoms with E-state index in [1.54, 1.807) is 13.0 Å². The fourth-order valence-corrected chi connectivity index (χ4v) is 4.20. The van der Waals surface area contributed by atoms with Crippen LogP contribution in [-0.4, -0.2) is 24.7 Å². The molecule has 1 heterocycles. The van der Waals surface area contributed by atoms with E-state index in [4.69, 9.17) is 4.74 Å². The first-order chi connectivity index (χ1) is 11.7. The standard InChI is InChI=1S/C18H19NO3S2/c1-3-22-18(21)15-13(11-8-9-11)10-24-17(15)19-16(20)12-6-4-5-7-14(12)23-2/h4-7,10-11H,3,8-9H2,1-2H3,(H,19,20). The van der Waals surface area contributed by atoms with Gasteiger partial charge in [0.05, 0.1) is 17.7 Å². The molecule has 0 saturated heterocycles. The average Bonchev–Trinajstić information content (AvgIpc) is 3.35. The molecular weight excluding hydrogens is 342 g/mol. The van der Waals surface area contributed by atoms with Crippen molar-refractivity contribution in [2.45, 2.75) is 30.6 Å². The number of hydrogen-bond donors (Lipinski definition) is 1. The van der Waals surface area contributed by atoms with Gasteiger partial charge in [0.25, 0.3) is 5.91 Å². The van der Waals surface area contributed by atoms with Crippen molar-refractivity contribution in [3.63, 3.8) is 0 Å². The molecule has 0 unspecified atom stereocenters. The SMILES string of the molecule is CCOC(=O)c1c(C2CC2)csc1NC(=O)c1ccccc1SC. The molecule has 0 spiro atoms. The minimum Gasteiger partial charge on any atom is -0.462 e. The fraction of sp³-hybridized carbons (Fsp3) is 0.333. The van der Waals surface area contributed by atoms with Gasteiger partial charge in [-0.2, -0.15) is 0 Å². The van der Waals surface area contributed by atoms with Crippen LogP contribution in [-0.2, 0) is 4.74 Å². The zero-order chi connectivity index (χ0) is 17.1. The van der Waals surface area contributed by atoms with E-state index in [9.17, 15) is 9.59 Å². The number of thiophene rings is 1. The average molecular weight is 361 g/mol. The molecule has 1 aromatic carbocycles. The third-order valence-electron chi connectivity index (χ3n) is 3.89. The largest absolute Gasteiger partial charge is 0.462 e. The normalized spacial score (nSPS) is 13.6. The zero-order valence-corrected chi connectivity index (χ0v) is 15.3. The van der Waals surface area contributed by atoms with Crippen LogP contribution in [0.25, 0.3) is 0 Å². The maximum Gasteiger partial charge on any atom is 0.341 e. The van der Waals surface area contributed by atoms with Crippen molar-refractivity contribution in [3.05, 3.63) is 46.3 Å². The topological polar surface area (TPSA) is 55.4 Å². The fourth-order valence-electron chi connectivity index (χ4n) is 2.57. The first-order valence-corrected chi connectivity index (χ1v) is 9.99. The van der Waals surface area contributed by atoms with Crippen LogP contribution in [0.2, 0.25) is 0 Å². The predicted octanol–water partition coefficient (Wildman–Crippen LogP) is 4.78. The summed E-state index contributed by atoms with van der Waals surface area (Å²) in [5, 5.41) is 5.46. The summed E-state index contributed by atoms with van der Waals surface area (Å²) in [6.07, 6.45) is 4.12. The molecule has 6 heteroatoms. The minimum absolute atomic E-state index is 0.199. The number of rotatable bonds is 6. The van der Waals surface area contributed by atoms with E-state index in [1.165, 1.54) is 23.1 Å². The second-order valence-electron chi connectivity index (χ2n) is 5.54. The number of carbonyl (C=O) groups is 2. The maximum atomic E-state index is 12.7. The summed E-state index contributed by atoms with van der Waals surface area (Å²) < 4.78 is 5.19. The Balaban J connectivity index is 1.89. The third-order valence-corrected chi connectivity index (χ3v) is 5.60. The molecule has 1 fully saturated rings. The van der Waals surface area contributed by atoms with Gasteiger partial charge >= 0.3 is 5.97 Å². The van der Waals surface area contributed by atoms with Crippen LogP contribution in [0.4, 0.5) is 5.00 Å². The zero-order valence-electron chi connectivity index (χ0n) is 13.6. The van der Waals surface area contributed by atoms with Gasteiger partial charge in [0, 0.05) is 4.90 Å². The van der Waals surface area contributed by atoms with E-state index in [2.05, 4.69) is 5.32 Å².